The molecule has 0 fully saturated rings. The maximum atomic E-state index is 11.9. The number of hydrogen-bond acceptors (Lipinski definition) is 6. The van der Waals surface area contributed by atoms with Gasteiger partial charge in [-0.1, -0.05) is 11.2 Å². The number of nitrogen functional groups attached to an aromatic ring is 1. The van der Waals surface area contributed by atoms with Crippen molar-refractivity contribution in [3.05, 3.63) is 23.8 Å². The average Bonchev–Trinajstić information content (AvgIpc) is 2.75. The third-order valence-corrected chi connectivity index (χ3v) is 2.75. The minimum atomic E-state index is -1.40. The van der Waals surface area contributed by atoms with Gasteiger partial charge in [0.05, 0.1) is 11.9 Å². The quantitative estimate of drug-likeness (QED) is 0.875. The topological polar surface area (TPSA) is 119 Å². The van der Waals surface area contributed by atoms with Crippen molar-refractivity contribution in [3.8, 4) is 0 Å². The summed E-state index contributed by atoms with van der Waals surface area (Å²) in [6, 6.07) is 4.89. The van der Waals surface area contributed by atoms with E-state index in [0.29, 0.717) is 21.4 Å². The first kappa shape index (κ1) is 15.6. The number of nitrogens with two attached hydrogens (primary N) is 1. The summed E-state index contributed by atoms with van der Waals surface area (Å²) in [7, 11) is 0. The fourth-order valence-electron chi connectivity index (χ4n) is 1.81. The molecule has 0 spiro atoms. The zero-order chi connectivity index (χ0) is 16.5. The molecule has 0 saturated heterocycles. The predicted octanol–water partition coefficient (Wildman–Crippen LogP) is 2.83. The van der Waals surface area contributed by atoms with Crippen molar-refractivity contribution >= 4 is 29.0 Å². The molecular weight excluding hydrogens is 290 g/mol. The molecular formula is C14H17N3O5. The minimum absolute atomic E-state index is 0.166. The molecule has 8 nitrogen and oxygen atoms in total. The van der Waals surface area contributed by atoms with Crippen molar-refractivity contribution in [2.75, 3.05) is 5.73 Å². The molecule has 2 aromatic rings. The highest BCUT2D eigenvalue weighted by Gasteiger charge is 2.27. The lowest BCUT2D eigenvalue weighted by Gasteiger charge is -2.24. The van der Waals surface area contributed by atoms with Crippen LogP contribution >= 0.6 is 0 Å². The molecule has 1 heterocycles. The Morgan fingerprint density at radius 3 is 2.68 bits per heavy atom. The number of carbonyl (C=O) groups is 2. The van der Waals surface area contributed by atoms with Crippen LogP contribution in [0.1, 0.15) is 26.3 Å². The van der Waals surface area contributed by atoms with Crippen LogP contribution in [0.5, 0.6) is 0 Å². The van der Waals surface area contributed by atoms with E-state index in [1.807, 2.05) is 0 Å². The lowest BCUT2D eigenvalue weighted by atomic mass is 10.1. The van der Waals surface area contributed by atoms with E-state index in [1.54, 1.807) is 39.0 Å². The number of carboxylic acid groups (broad SMARTS) is 1. The van der Waals surface area contributed by atoms with Crippen LogP contribution in [0, 0.1) is 0 Å². The van der Waals surface area contributed by atoms with E-state index < -0.39 is 17.8 Å². The van der Waals surface area contributed by atoms with Crippen molar-refractivity contribution in [2.45, 2.75) is 32.9 Å². The zero-order valence-corrected chi connectivity index (χ0v) is 12.5. The minimum Gasteiger partial charge on any atom is -0.465 e. The molecule has 0 atom stereocenters. The smallest absolute Gasteiger partial charge is 0.420 e. The van der Waals surface area contributed by atoms with Crippen molar-refractivity contribution < 1.29 is 24.0 Å². The van der Waals surface area contributed by atoms with Gasteiger partial charge in [0.25, 0.3) is 0 Å². The summed E-state index contributed by atoms with van der Waals surface area (Å²) in [4.78, 5) is 23.8. The molecule has 0 unspecified atom stereocenters. The number of rotatable bonds is 2. The van der Waals surface area contributed by atoms with Crippen molar-refractivity contribution in [1.82, 2.24) is 10.1 Å². The van der Waals surface area contributed by atoms with E-state index in [-0.39, 0.29) is 12.4 Å². The van der Waals surface area contributed by atoms with E-state index in [9.17, 15) is 14.7 Å². The van der Waals surface area contributed by atoms with Gasteiger partial charge in [0, 0.05) is 0 Å². The summed E-state index contributed by atoms with van der Waals surface area (Å²) in [5.41, 5.74) is 5.80. The second-order valence-corrected chi connectivity index (χ2v) is 5.75. The molecule has 118 valence electrons. The third-order valence-electron chi connectivity index (χ3n) is 2.75. The predicted molar refractivity (Wildman–Crippen MR) is 78.2 cm³/mol. The Balaban J connectivity index is 2.22. The lowest BCUT2D eigenvalue weighted by Crippen LogP contribution is -2.39. The molecule has 0 aliphatic heterocycles. The second-order valence-electron chi connectivity index (χ2n) is 5.75. The third kappa shape index (κ3) is 3.46. The Morgan fingerprint density at radius 2 is 2.09 bits per heavy atom. The molecule has 0 aliphatic rings. The molecule has 0 saturated carbocycles. The van der Waals surface area contributed by atoms with Gasteiger partial charge >= 0.3 is 12.2 Å². The molecule has 1 aromatic carbocycles. The Morgan fingerprint density at radius 1 is 1.41 bits per heavy atom. The van der Waals surface area contributed by atoms with Gasteiger partial charge in [-0.05, 0) is 38.5 Å². The monoisotopic (exact) mass is 307 g/mol. The highest BCUT2D eigenvalue weighted by atomic mass is 16.6. The zero-order valence-electron chi connectivity index (χ0n) is 12.5. The maximum Gasteiger partial charge on any atom is 0.420 e. The van der Waals surface area contributed by atoms with Gasteiger partial charge in [0.15, 0.2) is 11.4 Å². The Hall–Kier alpha value is -2.77. The highest BCUT2D eigenvalue weighted by Crippen LogP contribution is 2.22. The van der Waals surface area contributed by atoms with Crippen molar-refractivity contribution in [2.24, 2.45) is 0 Å². The van der Waals surface area contributed by atoms with Crippen LogP contribution in [-0.2, 0) is 11.3 Å². The van der Waals surface area contributed by atoms with Crippen LogP contribution in [0.25, 0.3) is 11.0 Å². The number of benzene rings is 1. The van der Waals surface area contributed by atoms with Crippen LogP contribution in [0.4, 0.5) is 15.4 Å². The highest BCUT2D eigenvalue weighted by molar-refractivity contribution is 5.88. The number of ether oxygens (including phenoxy) is 1. The molecule has 3 N–H and O–H groups in total. The number of hydrogen-bond donors (Lipinski definition) is 2. The van der Waals surface area contributed by atoms with E-state index in [1.165, 1.54) is 0 Å². The fraction of sp³-hybridized carbons (Fsp3) is 0.357. The first-order valence-electron chi connectivity index (χ1n) is 6.54. The van der Waals surface area contributed by atoms with Crippen molar-refractivity contribution in [3.63, 3.8) is 0 Å². The van der Waals surface area contributed by atoms with Gasteiger partial charge in [0.1, 0.15) is 5.60 Å². The summed E-state index contributed by atoms with van der Waals surface area (Å²) < 4.78 is 10.1. The largest absolute Gasteiger partial charge is 0.465 e. The standard InChI is InChI=1S/C14H17N3O5/c1-14(2,3)21-13(20)17(12(18)19)7-8-4-5-9-10(6-8)22-16-11(9)15/h4-6H,7H2,1-3H3,(H2,15,16)(H,18,19). The van der Waals surface area contributed by atoms with E-state index in [2.05, 4.69) is 5.16 Å². The molecule has 2 amide bonds. The van der Waals surface area contributed by atoms with Gasteiger partial charge in [0.2, 0.25) is 0 Å². The fourth-order valence-corrected chi connectivity index (χ4v) is 1.81. The molecule has 0 aliphatic carbocycles. The molecule has 0 bridgehead atoms. The normalized spacial score (nSPS) is 11.4. The molecule has 8 heteroatoms. The SMILES string of the molecule is CC(C)(C)OC(=O)N(Cc1ccc2c(N)noc2c1)C(=O)O. The number of amides is 2. The van der Waals surface area contributed by atoms with Crippen molar-refractivity contribution in [1.29, 1.82) is 0 Å². The number of fused-ring (bicyclic) bond motifs is 1. The van der Waals surface area contributed by atoms with E-state index in [0.717, 1.165) is 0 Å². The lowest BCUT2D eigenvalue weighted by molar-refractivity contribution is 0.0255. The first-order valence-corrected chi connectivity index (χ1v) is 6.54. The van der Waals surface area contributed by atoms with Gasteiger partial charge in [-0.15, -0.1) is 0 Å². The Bertz CT molecular complexity index is 717. The van der Waals surface area contributed by atoms with E-state index >= 15 is 0 Å². The summed E-state index contributed by atoms with van der Waals surface area (Å²) >= 11 is 0. The number of carbonyl (C=O) groups excluding carboxylic acids is 1. The summed E-state index contributed by atoms with van der Waals surface area (Å²) in [6.45, 7) is 4.82. The number of anilines is 1. The number of imide groups is 1. The first-order chi connectivity index (χ1) is 10.2. The Kier molecular flexibility index (Phi) is 3.94. The van der Waals surface area contributed by atoms with Gasteiger partial charge in [-0.3, -0.25) is 0 Å². The van der Waals surface area contributed by atoms with E-state index in [4.69, 9.17) is 15.0 Å². The summed E-state index contributed by atoms with van der Waals surface area (Å²) in [6.07, 6.45) is -2.33. The molecule has 2 rings (SSSR count). The molecule has 22 heavy (non-hydrogen) atoms. The average molecular weight is 307 g/mol. The Labute approximate surface area is 126 Å². The van der Waals surface area contributed by atoms with Gasteiger partial charge in [-0.2, -0.15) is 0 Å². The second kappa shape index (κ2) is 5.55. The summed E-state index contributed by atoms with van der Waals surface area (Å²) in [5, 5.41) is 13.4. The van der Waals surface area contributed by atoms with Crippen LogP contribution in [0.15, 0.2) is 22.7 Å². The van der Waals surface area contributed by atoms with Crippen LogP contribution in [-0.4, -0.2) is 33.0 Å². The number of nitrogens with zero attached hydrogens (tertiary/aromatic N) is 2. The summed E-state index contributed by atoms with van der Waals surface area (Å²) in [5.74, 6) is 0.254. The number of aromatic nitrogens is 1. The maximum absolute atomic E-state index is 11.9. The van der Waals surface area contributed by atoms with Crippen LogP contribution < -0.4 is 5.73 Å². The van der Waals surface area contributed by atoms with Crippen LogP contribution in [0.3, 0.4) is 0 Å². The molecule has 1 aromatic heterocycles. The molecule has 0 radical (unpaired) electrons. The van der Waals surface area contributed by atoms with Gasteiger partial charge in [-0.25, -0.2) is 14.5 Å². The van der Waals surface area contributed by atoms with Gasteiger partial charge < -0.3 is 20.1 Å². The van der Waals surface area contributed by atoms with Crippen LogP contribution in [0.2, 0.25) is 0 Å².